The Balaban J connectivity index is 1.74. The van der Waals surface area contributed by atoms with E-state index in [4.69, 9.17) is 0 Å². The summed E-state index contributed by atoms with van der Waals surface area (Å²) in [7, 11) is 0. The summed E-state index contributed by atoms with van der Waals surface area (Å²) in [5, 5.41) is 3.03. The van der Waals surface area contributed by atoms with Gasteiger partial charge in [0.25, 0.3) is 0 Å². The van der Waals surface area contributed by atoms with E-state index >= 15 is 0 Å². The molecule has 2 rings (SSSR count). The van der Waals surface area contributed by atoms with Gasteiger partial charge in [0, 0.05) is 24.5 Å². The molecular weight excluding hydrogens is 164 g/mol. The molecule has 2 aliphatic rings. The average Bonchev–Trinajstić information content (AvgIpc) is 2.61. The monoisotopic (exact) mass is 182 g/mol. The second-order valence-corrected chi connectivity index (χ2v) is 5.29. The van der Waals surface area contributed by atoms with E-state index in [-0.39, 0.29) is 6.03 Å². The Bertz CT molecular complexity index is 229. The van der Waals surface area contributed by atoms with E-state index in [1.165, 1.54) is 0 Å². The van der Waals surface area contributed by atoms with Crippen molar-refractivity contribution < 1.29 is 4.79 Å². The van der Waals surface area contributed by atoms with E-state index in [0.29, 0.717) is 17.4 Å². The molecule has 13 heavy (non-hydrogen) atoms. The lowest BCUT2D eigenvalue weighted by Crippen LogP contribution is -2.58. The van der Waals surface area contributed by atoms with Crippen molar-refractivity contribution in [3.8, 4) is 0 Å². The summed E-state index contributed by atoms with van der Waals surface area (Å²) >= 11 is 0. The quantitative estimate of drug-likeness (QED) is 0.654. The highest BCUT2D eigenvalue weighted by Crippen LogP contribution is 2.32. The predicted molar refractivity (Wildman–Crippen MR) is 51.5 cm³/mol. The van der Waals surface area contributed by atoms with Gasteiger partial charge in [0.1, 0.15) is 0 Å². The van der Waals surface area contributed by atoms with Crippen LogP contribution in [0.3, 0.4) is 0 Å². The van der Waals surface area contributed by atoms with Crippen molar-refractivity contribution in [2.24, 2.45) is 11.3 Å². The van der Waals surface area contributed by atoms with Crippen molar-refractivity contribution in [2.75, 3.05) is 13.1 Å². The van der Waals surface area contributed by atoms with Gasteiger partial charge in [0.05, 0.1) is 0 Å². The van der Waals surface area contributed by atoms with Gasteiger partial charge in [-0.15, -0.1) is 0 Å². The van der Waals surface area contributed by atoms with Gasteiger partial charge in [-0.25, -0.2) is 4.79 Å². The van der Waals surface area contributed by atoms with Crippen LogP contribution >= 0.6 is 0 Å². The first-order chi connectivity index (χ1) is 5.98. The maximum absolute atomic E-state index is 11.5. The zero-order chi connectivity index (χ0) is 9.64. The molecule has 0 spiro atoms. The van der Waals surface area contributed by atoms with Crippen molar-refractivity contribution in [1.82, 2.24) is 10.2 Å². The highest BCUT2D eigenvalue weighted by Gasteiger charge is 2.40. The SMILES string of the molecule is C[C@@H]1C[C@H]1NC(=O)N1CC(C)(C)C1. The van der Waals surface area contributed by atoms with E-state index < -0.39 is 0 Å². The van der Waals surface area contributed by atoms with Crippen LogP contribution in [0.25, 0.3) is 0 Å². The maximum atomic E-state index is 11.5. The van der Waals surface area contributed by atoms with Crippen LogP contribution in [0.2, 0.25) is 0 Å². The van der Waals surface area contributed by atoms with E-state index in [0.717, 1.165) is 19.5 Å². The Kier molecular flexibility index (Phi) is 1.79. The molecule has 3 nitrogen and oxygen atoms in total. The summed E-state index contributed by atoms with van der Waals surface area (Å²) in [6.07, 6.45) is 1.16. The number of carbonyl (C=O) groups excluding carboxylic acids is 1. The van der Waals surface area contributed by atoms with Crippen molar-refractivity contribution >= 4 is 6.03 Å². The second-order valence-electron chi connectivity index (χ2n) is 5.29. The summed E-state index contributed by atoms with van der Waals surface area (Å²) in [6, 6.07) is 0.588. The summed E-state index contributed by atoms with van der Waals surface area (Å²) in [4.78, 5) is 13.4. The highest BCUT2D eigenvalue weighted by atomic mass is 16.2. The van der Waals surface area contributed by atoms with E-state index in [1.54, 1.807) is 0 Å². The zero-order valence-corrected chi connectivity index (χ0v) is 8.63. The lowest BCUT2D eigenvalue weighted by atomic mass is 9.85. The average molecular weight is 182 g/mol. The molecule has 0 bridgehead atoms. The van der Waals surface area contributed by atoms with Gasteiger partial charge in [0.2, 0.25) is 0 Å². The molecule has 0 aromatic rings. The molecule has 0 unspecified atom stereocenters. The molecular formula is C10H18N2O. The number of rotatable bonds is 1. The summed E-state index contributed by atoms with van der Waals surface area (Å²) in [5.74, 6) is 0.693. The van der Waals surface area contributed by atoms with Gasteiger partial charge in [-0.2, -0.15) is 0 Å². The van der Waals surface area contributed by atoms with Crippen LogP contribution in [-0.4, -0.2) is 30.1 Å². The molecule has 1 aliphatic heterocycles. The molecule has 0 aromatic carbocycles. The van der Waals surface area contributed by atoms with Crippen molar-refractivity contribution in [2.45, 2.75) is 33.2 Å². The molecule has 2 atom stereocenters. The standard InChI is InChI=1S/C10H18N2O/c1-7-4-8(7)11-9(13)12-5-10(2,3)6-12/h7-8H,4-6H2,1-3H3,(H,11,13)/t7-,8-/m1/s1. The first-order valence-corrected chi connectivity index (χ1v) is 5.03. The minimum absolute atomic E-state index is 0.133. The largest absolute Gasteiger partial charge is 0.335 e. The number of hydrogen-bond donors (Lipinski definition) is 1. The molecule has 0 radical (unpaired) electrons. The van der Waals surface area contributed by atoms with Crippen LogP contribution in [0.4, 0.5) is 4.79 Å². The van der Waals surface area contributed by atoms with Gasteiger partial charge >= 0.3 is 6.03 Å². The number of urea groups is 1. The number of nitrogens with one attached hydrogen (secondary N) is 1. The molecule has 74 valence electrons. The molecule has 1 saturated heterocycles. The first-order valence-electron chi connectivity index (χ1n) is 5.03. The number of nitrogens with zero attached hydrogens (tertiary/aromatic N) is 1. The zero-order valence-electron chi connectivity index (χ0n) is 8.63. The molecule has 1 heterocycles. The minimum atomic E-state index is 0.133. The van der Waals surface area contributed by atoms with Gasteiger partial charge in [-0.1, -0.05) is 20.8 Å². The van der Waals surface area contributed by atoms with E-state index in [1.807, 2.05) is 4.90 Å². The fraction of sp³-hybridized carbons (Fsp3) is 0.900. The fourth-order valence-electron chi connectivity index (χ4n) is 1.90. The molecule has 2 fully saturated rings. The third-order valence-electron chi connectivity index (χ3n) is 2.94. The Morgan fingerprint density at radius 3 is 2.38 bits per heavy atom. The van der Waals surface area contributed by atoms with Crippen LogP contribution in [-0.2, 0) is 0 Å². The van der Waals surface area contributed by atoms with E-state index in [2.05, 4.69) is 26.1 Å². The number of carbonyl (C=O) groups is 1. The van der Waals surface area contributed by atoms with Crippen LogP contribution in [0.5, 0.6) is 0 Å². The highest BCUT2D eigenvalue weighted by molar-refractivity contribution is 5.76. The Hall–Kier alpha value is -0.730. The van der Waals surface area contributed by atoms with Crippen LogP contribution in [0.15, 0.2) is 0 Å². The minimum Gasteiger partial charge on any atom is -0.335 e. The molecule has 1 saturated carbocycles. The van der Waals surface area contributed by atoms with Gasteiger partial charge in [-0.3, -0.25) is 0 Å². The Morgan fingerprint density at radius 1 is 1.46 bits per heavy atom. The predicted octanol–water partition coefficient (Wildman–Crippen LogP) is 1.45. The van der Waals surface area contributed by atoms with Gasteiger partial charge < -0.3 is 10.2 Å². The van der Waals surface area contributed by atoms with Crippen molar-refractivity contribution in [3.63, 3.8) is 0 Å². The summed E-state index contributed by atoms with van der Waals surface area (Å²) < 4.78 is 0. The number of amides is 2. The topological polar surface area (TPSA) is 32.3 Å². The van der Waals surface area contributed by atoms with Gasteiger partial charge in [-0.05, 0) is 12.3 Å². The lowest BCUT2D eigenvalue weighted by Gasteiger charge is -2.45. The van der Waals surface area contributed by atoms with Crippen LogP contribution in [0.1, 0.15) is 27.2 Å². The Morgan fingerprint density at radius 2 is 2.00 bits per heavy atom. The third-order valence-corrected chi connectivity index (χ3v) is 2.94. The normalized spacial score (nSPS) is 35.2. The molecule has 2 amide bonds. The van der Waals surface area contributed by atoms with Crippen LogP contribution in [0, 0.1) is 11.3 Å². The molecule has 1 N–H and O–H groups in total. The Labute approximate surface area is 79.5 Å². The van der Waals surface area contributed by atoms with Crippen molar-refractivity contribution in [1.29, 1.82) is 0 Å². The van der Waals surface area contributed by atoms with Crippen LogP contribution < -0.4 is 5.32 Å². The van der Waals surface area contributed by atoms with Gasteiger partial charge in [0.15, 0.2) is 0 Å². The number of hydrogen-bond acceptors (Lipinski definition) is 1. The van der Waals surface area contributed by atoms with Crippen molar-refractivity contribution in [3.05, 3.63) is 0 Å². The maximum Gasteiger partial charge on any atom is 0.317 e. The van der Waals surface area contributed by atoms with E-state index in [9.17, 15) is 4.79 Å². The smallest absolute Gasteiger partial charge is 0.317 e. The third kappa shape index (κ3) is 1.79. The first kappa shape index (κ1) is 8.85. The molecule has 0 aromatic heterocycles. The summed E-state index contributed by atoms with van der Waals surface area (Å²) in [6.45, 7) is 8.36. The summed E-state index contributed by atoms with van der Waals surface area (Å²) in [5.41, 5.74) is 0.340. The number of likely N-dealkylation sites (tertiary alicyclic amines) is 1. The molecule has 1 aliphatic carbocycles. The lowest BCUT2D eigenvalue weighted by molar-refractivity contribution is 0.0614. The second kappa shape index (κ2) is 2.63. The fourth-order valence-corrected chi connectivity index (χ4v) is 1.90. The molecule has 3 heteroatoms.